The molecule has 0 spiro atoms. The fraction of sp³-hybridized carbons (Fsp3) is 0.353. The van der Waals surface area contributed by atoms with E-state index in [0.29, 0.717) is 6.54 Å². The van der Waals surface area contributed by atoms with E-state index >= 15 is 0 Å². The molecule has 1 aliphatic rings. The Hall–Kier alpha value is -2.23. The van der Waals surface area contributed by atoms with E-state index in [4.69, 9.17) is 4.42 Å². The second-order valence-corrected chi connectivity index (χ2v) is 5.62. The topological polar surface area (TPSA) is 54.3 Å². The van der Waals surface area contributed by atoms with Gasteiger partial charge in [-0.25, -0.2) is 0 Å². The molecule has 0 fully saturated rings. The number of aryl methyl sites for hydroxylation is 1. The highest BCUT2D eigenvalue weighted by Crippen LogP contribution is 2.25. The van der Waals surface area contributed by atoms with E-state index < -0.39 is 0 Å². The zero-order chi connectivity index (χ0) is 14.8. The second kappa shape index (κ2) is 5.64. The molecule has 1 amide bonds. The van der Waals surface area contributed by atoms with Crippen molar-refractivity contribution in [3.05, 3.63) is 53.5 Å². The number of hydrogen-bond donors (Lipinski definition) is 2. The first kappa shape index (κ1) is 13.7. The number of benzene rings is 1. The van der Waals surface area contributed by atoms with Gasteiger partial charge in [0.1, 0.15) is 11.5 Å². The zero-order valence-corrected chi connectivity index (χ0v) is 12.3. The quantitative estimate of drug-likeness (QED) is 0.911. The minimum Gasteiger partial charge on any atom is -0.464 e. The average molecular weight is 284 g/mol. The number of rotatable bonds is 3. The van der Waals surface area contributed by atoms with Gasteiger partial charge in [0.25, 0.3) is 0 Å². The number of hydrogen-bond acceptors (Lipinski definition) is 3. The van der Waals surface area contributed by atoms with Crippen molar-refractivity contribution in [3.8, 4) is 0 Å². The van der Waals surface area contributed by atoms with Gasteiger partial charge >= 0.3 is 0 Å². The maximum absolute atomic E-state index is 12.4. The van der Waals surface area contributed by atoms with E-state index in [1.807, 2.05) is 38.1 Å². The van der Waals surface area contributed by atoms with E-state index in [9.17, 15) is 4.79 Å². The number of anilines is 1. The van der Waals surface area contributed by atoms with Crippen LogP contribution in [0.1, 0.15) is 30.0 Å². The summed E-state index contributed by atoms with van der Waals surface area (Å²) < 4.78 is 5.56. The Kier molecular flexibility index (Phi) is 3.69. The Bertz CT molecular complexity index is 648. The fourth-order valence-electron chi connectivity index (χ4n) is 2.72. The molecule has 110 valence electrons. The number of fused-ring (bicyclic) bond motifs is 1. The molecule has 0 aliphatic carbocycles. The predicted molar refractivity (Wildman–Crippen MR) is 82.1 cm³/mol. The third kappa shape index (κ3) is 2.94. The summed E-state index contributed by atoms with van der Waals surface area (Å²) in [5.41, 5.74) is 2.33. The van der Waals surface area contributed by atoms with Crippen LogP contribution in [0, 0.1) is 12.8 Å². The van der Waals surface area contributed by atoms with Crippen LogP contribution in [0.25, 0.3) is 0 Å². The number of para-hydroxylation sites is 1. The molecule has 4 nitrogen and oxygen atoms in total. The molecule has 2 aromatic rings. The third-order valence-electron chi connectivity index (χ3n) is 3.94. The molecule has 0 bridgehead atoms. The van der Waals surface area contributed by atoms with Gasteiger partial charge in [-0.15, -0.1) is 0 Å². The Morgan fingerprint density at radius 2 is 2.14 bits per heavy atom. The van der Waals surface area contributed by atoms with E-state index in [1.165, 1.54) is 5.56 Å². The summed E-state index contributed by atoms with van der Waals surface area (Å²) in [6.07, 6.45) is 0.777. The minimum absolute atomic E-state index is 0.0431. The molecule has 2 unspecified atom stereocenters. The lowest BCUT2D eigenvalue weighted by molar-refractivity contribution is -0.125. The molecule has 2 heterocycles. The van der Waals surface area contributed by atoms with Crippen LogP contribution in [0.4, 0.5) is 5.69 Å². The summed E-state index contributed by atoms with van der Waals surface area (Å²) in [6.45, 7) is 4.52. The van der Waals surface area contributed by atoms with Gasteiger partial charge in [-0.1, -0.05) is 18.2 Å². The van der Waals surface area contributed by atoms with E-state index in [-0.39, 0.29) is 17.9 Å². The van der Waals surface area contributed by atoms with Crippen molar-refractivity contribution >= 4 is 11.6 Å². The van der Waals surface area contributed by atoms with Crippen LogP contribution < -0.4 is 10.6 Å². The highest BCUT2D eigenvalue weighted by molar-refractivity contribution is 5.81. The standard InChI is InChI=1S/C17H20N2O2/c1-11-7-8-16(21-11)12(2)19-17(20)14-9-13-5-3-4-6-15(13)18-10-14/h3-8,12,14,18H,9-10H2,1-2H3,(H,19,20). The van der Waals surface area contributed by atoms with E-state index in [0.717, 1.165) is 23.6 Å². The summed E-state index contributed by atoms with van der Waals surface area (Å²) in [4.78, 5) is 12.4. The van der Waals surface area contributed by atoms with Crippen molar-refractivity contribution in [1.82, 2.24) is 5.32 Å². The summed E-state index contributed by atoms with van der Waals surface area (Å²) >= 11 is 0. The van der Waals surface area contributed by atoms with Gasteiger partial charge in [0.05, 0.1) is 12.0 Å². The van der Waals surface area contributed by atoms with Crippen LogP contribution in [0.3, 0.4) is 0 Å². The SMILES string of the molecule is Cc1ccc(C(C)NC(=O)C2CNc3ccccc3C2)o1. The van der Waals surface area contributed by atoms with Crippen LogP contribution >= 0.6 is 0 Å². The number of nitrogens with one attached hydrogen (secondary N) is 2. The van der Waals surface area contributed by atoms with Gasteiger partial charge in [0.15, 0.2) is 0 Å². The molecule has 0 radical (unpaired) electrons. The van der Waals surface area contributed by atoms with Crippen molar-refractivity contribution in [1.29, 1.82) is 0 Å². The smallest absolute Gasteiger partial charge is 0.225 e. The zero-order valence-electron chi connectivity index (χ0n) is 12.3. The number of furan rings is 1. The molecule has 1 aromatic carbocycles. The fourth-order valence-corrected chi connectivity index (χ4v) is 2.72. The van der Waals surface area contributed by atoms with Gasteiger partial charge in [0, 0.05) is 12.2 Å². The maximum atomic E-state index is 12.4. The first-order valence-electron chi connectivity index (χ1n) is 7.32. The third-order valence-corrected chi connectivity index (χ3v) is 3.94. The molecule has 2 atom stereocenters. The first-order valence-corrected chi connectivity index (χ1v) is 7.32. The molecule has 0 saturated carbocycles. The summed E-state index contributed by atoms with van der Waals surface area (Å²) in [5, 5.41) is 6.36. The number of carbonyl (C=O) groups excluding carboxylic acids is 1. The summed E-state index contributed by atoms with van der Waals surface area (Å²) in [6, 6.07) is 11.9. The van der Waals surface area contributed by atoms with Gasteiger partial charge < -0.3 is 15.1 Å². The molecular weight excluding hydrogens is 264 g/mol. The first-order chi connectivity index (χ1) is 10.1. The molecule has 3 rings (SSSR count). The predicted octanol–water partition coefficient (Wildman–Crippen LogP) is 3.05. The molecule has 1 aliphatic heterocycles. The maximum Gasteiger partial charge on any atom is 0.225 e. The Balaban J connectivity index is 1.64. The van der Waals surface area contributed by atoms with Gasteiger partial charge in [-0.2, -0.15) is 0 Å². The van der Waals surface area contributed by atoms with Crippen molar-refractivity contribution in [2.45, 2.75) is 26.3 Å². The Morgan fingerprint density at radius 3 is 2.90 bits per heavy atom. The van der Waals surface area contributed by atoms with Crippen molar-refractivity contribution < 1.29 is 9.21 Å². The van der Waals surface area contributed by atoms with Crippen LogP contribution in [0.2, 0.25) is 0 Å². The largest absolute Gasteiger partial charge is 0.464 e. The molecule has 2 N–H and O–H groups in total. The van der Waals surface area contributed by atoms with E-state index in [2.05, 4.69) is 22.8 Å². The lowest BCUT2D eigenvalue weighted by atomic mass is 9.93. The highest BCUT2D eigenvalue weighted by atomic mass is 16.3. The Morgan fingerprint density at radius 1 is 1.33 bits per heavy atom. The van der Waals surface area contributed by atoms with Crippen molar-refractivity contribution in [2.24, 2.45) is 5.92 Å². The van der Waals surface area contributed by atoms with Gasteiger partial charge in [-0.05, 0) is 44.0 Å². The minimum atomic E-state index is -0.108. The normalized spacial score (nSPS) is 18.5. The van der Waals surface area contributed by atoms with Gasteiger partial charge in [-0.3, -0.25) is 4.79 Å². The molecule has 0 saturated heterocycles. The van der Waals surface area contributed by atoms with Crippen molar-refractivity contribution in [3.63, 3.8) is 0 Å². The molecule has 1 aromatic heterocycles. The lowest BCUT2D eigenvalue weighted by Crippen LogP contribution is -2.39. The summed E-state index contributed by atoms with van der Waals surface area (Å²) in [5.74, 6) is 1.68. The molecule has 4 heteroatoms. The highest BCUT2D eigenvalue weighted by Gasteiger charge is 2.25. The van der Waals surface area contributed by atoms with Crippen molar-refractivity contribution in [2.75, 3.05) is 11.9 Å². The lowest BCUT2D eigenvalue weighted by Gasteiger charge is -2.26. The Labute approximate surface area is 124 Å². The van der Waals surface area contributed by atoms with Crippen LogP contribution in [0.15, 0.2) is 40.8 Å². The van der Waals surface area contributed by atoms with Crippen LogP contribution in [0.5, 0.6) is 0 Å². The van der Waals surface area contributed by atoms with Crippen LogP contribution in [-0.2, 0) is 11.2 Å². The van der Waals surface area contributed by atoms with E-state index in [1.54, 1.807) is 0 Å². The summed E-state index contributed by atoms with van der Waals surface area (Å²) in [7, 11) is 0. The molecule has 21 heavy (non-hydrogen) atoms. The average Bonchev–Trinajstić information content (AvgIpc) is 2.93. The van der Waals surface area contributed by atoms with Crippen LogP contribution in [-0.4, -0.2) is 12.5 Å². The second-order valence-electron chi connectivity index (χ2n) is 5.62. The number of amides is 1. The van der Waals surface area contributed by atoms with Gasteiger partial charge in [0.2, 0.25) is 5.91 Å². The monoisotopic (exact) mass is 284 g/mol. The number of carbonyl (C=O) groups is 1. The molecular formula is C17H20N2O2.